The van der Waals surface area contributed by atoms with E-state index in [4.69, 9.17) is 37.0 Å². The predicted molar refractivity (Wildman–Crippen MR) is 455 cm³/mol. The topological polar surface area (TPSA) is 237 Å². The Morgan fingerprint density at radius 2 is 0.436 bits per heavy atom. The van der Waals surface area contributed by atoms with E-state index in [1.165, 1.54) is 276 Å². The van der Waals surface area contributed by atoms with Gasteiger partial charge in [0, 0.05) is 25.7 Å². The first-order chi connectivity index (χ1) is 53.1. The molecule has 17 nitrogen and oxygen atoms in total. The molecule has 0 aromatic carbocycles. The summed E-state index contributed by atoms with van der Waals surface area (Å²) in [7, 11) is -9.93. The molecule has 0 bridgehead atoms. The summed E-state index contributed by atoms with van der Waals surface area (Å²) in [5, 5.41) is 10.7. The first-order valence-electron chi connectivity index (χ1n) is 46.7. The van der Waals surface area contributed by atoms with Gasteiger partial charge in [-0.2, -0.15) is 0 Å². The number of hydrogen-bond donors (Lipinski definition) is 3. The van der Waals surface area contributed by atoms with Crippen molar-refractivity contribution in [1.29, 1.82) is 0 Å². The largest absolute Gasteiger partial charge is 0.472 e. The van der Waals surface area contributed by atoms with Gasteiger partial charge in [-0.3, -0.25) is 37.3 Å². The zero-order valence-electron chi connectivity index (χ0n) is 72.9. The van der Waals surface area contributed by atoms with E-state index in [9.17, 15) is 43.2 Å². The molecule has 0 aliphatic carbocycles. The van der Waals surface area contributed by atoms with E-state index < -0.39 is 97.5 Å². The number of phosphoric ester groups is 2. The average Bonchev–Trinajstić information content (AvgIpc) is 0.897. The highest BCUT2D eigenvalue weighted by Gasteiger charge is 2.31. The highest BCUT2D eigenvalue weighted by atomic mass is 31.2. The van der Waals surface area contributed by atoms with Crippen LogP contribution in [0.5, 0.6) is 0 Å². The van der Waals surface area contributed by atoms with E-state index >= 15 is 0 Å². The monoisotopic (exact) mass is 1610 g/mol. The third-order valence-electron chi connectivity index (χ3n) is 21.7. The number of aliphatic hydroxyl groups excluding tert-OH is 1. The van der Waals surface area contributed by atoms with Gasteiger partial charge in [-0.05, 0) is 49.4 Å². The summed E-state index contributed by atoms with van der Waals surface area (Å²) in [5.74, 6) is 1.07. The predicted octanol–water partition coefficient (Wildman–Crippen LogP) is 27.9. The van der Waals surface area contributed by atoms with Gasteiger partial charge in [-0.1, -0.05) is 428 Å². The molecule has 0 aromatic rings. The van der Waals surface area contributed by atoms with Crippen LogP contribution in [-0.2, 0) is 65.4 Å². The van der Waals surface area contributed by atoms with Crippen LogP contribution in [0.3, 0.4) is 0 Å². The molecular weight excluding hydrogens is 1430 g/mol. The maximum atomic E-state index is 13.2. The highest BCUT2D eigenvalue weighted by molar-refractivity contribution is 7.47. The van der Waals surface area contributed by atoms with Crippen molar-refractivity contribution >= 4 is 39.5 Å². The van der Waals surface area contributed by atoms with Gasteiger partial charge < -0.3 is 33.8 Å². The molecule has 3 unspecified atom stereocenters. The second kappa shape index (κ2) is 79.5. The Balaban J connectivity index is 5.18. The molecule has 0 aliphatic rings. The van der Waals surface area contributed by atoms with Crippen LogP contribution in [0.25, 0.3) is 0 Å². The molecule has 0 fully saturated rings. The van der Waals surface area contributed by atoms with Crippen molar-refractivity contribution in [2.75, 3.05) is 39.6 Å². The number of carbonyl (C=O) groups excluding carboxylic acids is 4. The van der Waals surface area contributed by atoms with E-state index in [1.54, 1.807) is 0 Å². The molecule has 3 N–H and O–H groups in total. The molecule has 0 spiro atoms. The van der Waals surface area contributed by atoms with E-state index in [1.807, 2.05) is 0 Å². The molecular formula is C91H178O17P2. The van der Waals surface area contributed by atoms with Gasteiger partial charge in [0.15, 0.2) is 12.2 Å². The van der Waals surface area contributed by atoms with Crippen molar-refractivity contribution in [3.63, 3.8) is 0 Å². The SMILES string of the molecule is CCC(C)CCCCCCCCCCCCCCCCCCCCC(=O)O[C@H](COC(=O)CCCCCCCCC(C)C)COP(=O)(O)OC[C@H](O)COP(=O)(O)OC[C@@H](COC(=O)CCCCCCCCCCCCCCCCCCCCC(C)C)OC(=O)CCCCCCCCCCCCCCCCCC(C)C. The molecule has 0 radical (unpaired) electrons. The minimum Gasteiger partial charge on any atom is -0.462 e. The summed E-state index contributed by atoms with van der Waals surface area (Å²) in [6, 6.07) is 0. The van der Waals surface area contributed by atoms with Crippen LogP contribution < -0.4 is 0 Å². The molecule has 0 aromatic heterocycles. The second-order valence-corrected chi connectivity index (χ2v) is 37.3. The van der Waals surface area contributed by atoms with Crippen molar-refractivity contribution < 1.29 is 80.2 Å². The van der Waals surface area contributed by atoms with Crippen LogP contribution in [0.15, 0.2) is 0 Å². The lowest BCUT2D eigenvalue weighted by Crippen LogP contribution is -2.30. The van der Waals surface area contributed by atoms with Crippen molar-refractivity contribution in [3.05, 3.63) is 0 Å². The minimum atomic E-state index is -4.97. The van der Waals surface area contributed by atoms with Crippen LogP contribution in [0.4, 0.5) is 0 Å². The number of aliphatic hydroxyl groups is 1. The molecule has 0 rings (SSSR count). The standard InChI is InChI=1S/C91H178O17P2/c1-9-84(8)70-62-54-45-39-33-27-21-15-11-13-17-23-29-35-41-47-57-65-74-91(96)108-87(78-102-89(94)72-64-56-50-49-53-61-69-83(6)7)80-106-110(99,100)104-76-85(92)75-103-109(97,98)105-79-86(107-90(95)73-66-58-48-42-36-30-24-18-20-26-32-38-44-52-60-68-82(4)5)77-101-88(93)71-63-55-46-40-34-28-22-16-12-10-14-19-25-31-37-43-51-59-67-81(2)3/h81-87,92H,9-80H2,1-8H3,(H,97,98)(H,99,100)/t84?,85-,86-,87-/m1/s1. The minimum absolute atomic E-state index is 0.107. The molecule has 0 saturated heterocycles. The molecule has 6 atom stereocenters. The lowest BCUT2D eigenvalue weighted by atomic mass is 9.99. The summed E-state index contributed by atoms with van der Waals surface area (Å²) in [4.78, 5) is 73.3. The third-order valence-corrected chi connectivity index (χ3v) is 23.6. The molecule has 0 amide bonds. The second-order valence-electron chi connectivity index (χ2n) is 34.4. The first kappa shape index (κ1) is 108. The molecule has 654 valence electrons. The van der Waals surface area contributed by atoms with E-state index in [-0.39, 0.29) is 25.7 Å². The van der Waals surface area contributed by atoms with Gasteiger partial charge in [-0.15, -0.1) is 0 Å². The van der Waals surface area contributed by atoms with E-state index in [0.29, 0.717) is 31.6 Å². The quantitative estimate of drug-likeness (QED) is 0.0222. The number of unbranched alkanes of at least 4 members (excludes halogenated alkanes) is 53. The Bertz CT molecular complexity index is 2130. The number of rotatable bonds is 88. The van der Waals surface area contributed by atoms with E-state index in [2.05, 4.69) is 55.4 Å². The van der Waals surface area contributed by atoms with Crippen molar-refractivity contribution in [1.82, 2.24) is 0 Å². The highest BCUT2D eigenvalue weighted by Crippen LogP contribution is 2.45. The smallest absolute Gasteiger partial charge is 0.462 e. The van der Waals surface area contributed by atoms with Crippen LogP contribution in [0.1, 0.15) is 479 Å². The van der Waals surface area contributed by atoms with Gasteiger partial charge >= 0.3 is 39.5 Å². The number of phosphoric acid groups is 2. The van der Waals surface area contributed by atoms with Gasteiger partial charge in [0.05, 0.1) is 26.4 Å². The summed E-state index contributed by atoms with van der Waals surface area (Å²) < 4.78 is 69.0. The van der Waals surface area contributed by atoms with Crippen LogP contribution in [0.2, 0.25) is 0 Å². The van der Waals surface area contributed by atoms with Gasteiger partial charge in [0.1, 0.15) is 19.3 Å². The zero-order chi connectivity index (χ0) is 80.9. The Hall–Kier alpha value is -1.94. The summed E-state index contributed by atoms with van der Waals surface area (Å²) in [6.07, 6.45) is 71.1. The van der Waals surface area contributed by atoms with Gasteiger partial charge in [-0.25, -0.2) is 9.13 Å². The number of ether oxygens (including phenoxy) is 4. The first-order valence-corrected chi connectivity index (χ1v) is 49.7. The fourth-order valence-corrected chi connectivity index (χ4v) is 15.7. The fourth-order valence-electron chi connectivity index (χ4n) is 14.2. The average molecular weight is 1610 g/mol. The lowest BCUT2D eigenvalue weighted by Gasteiger charge is -2.21. The Kier molecular flexibility index (Phi) is 78.1. The Morgan fingerprint density at radius 3 is 0.645 bits per heavy atom. The normalized spacial score (nSPS) is 14.1. The van der Waals surface area contributed by atoms with E-state index in [0.717, 1.165) is 114 Å². The summed E-state index contributed by atoms with van der Waals surface area (Å²) >= 11 is 0. The molecule has 0 saturated carbocycles. The molecule has 110 heavy (non-hydrogen) atoms. The lowest BCUT2D eigenvalue weighted by molar-refractivity contribution is -0.161. The summed E-state index contributed by atoms with van der Waals surface area (Å²) in [6.45, 7) is 14.4. The van der Waals surface area contributed by atoms with Crippen molar-refractivity contribution in [3.8, 4) is 0 Å². The maximum Gasteiger partial charge on any atom is 0.472 e. The third kappa shape index (κ3) is 82.6. The number of carbonyl (C=O) groups is 4. The van der Waals surface area contributed by atoms with Crippen LogP contribution in [0, 0.1) is 23.7 Å². The number of hydrogen-bond acceptors (Lipinski definition) is 15. The molecule has 0 heterocycles. The Labute approximate surface area is 677 Å². The van der Waals surface area contributed by atoms with Crippen LogP contribution >= 0.6 is 15.6 Å². The molecule has 0 aliphatic heterocycles. The van der Waals surface area contributed by atoms with Crippen molar-refractivity contribution in [2.45, 2.75) is 497 Å². The van der Waals surface area contributed by atoms with Gasteiger partial charge in [0.25, 0.3) is 0 Å². The fraction of sp³-hybridized carbons (Fsp3) is 0.956. The zero-order valence-corrected chi connectivity index (χ0v) is 74.7. The van der Waals surface area contributed by atoms with Gasteiger partial charge in [0.2, 0.25) is 0 Å². The van der Waals surface area contributed by atoms with Crippen molar-refractivity contribution in [2.24, 2.45) is 23.7 Å². The Morgan fingerprint density at radius 1 is 0.255 bits per heavy atom. The maximum absolute atomic E-state index is 13.2. The summed E-state index contributed by atoms with van der Waals surface area (Å²) in [5.41, 5.74) is 0. The number of esters is 4. The van der Waals surface area contributed by atoms with Crippen LogP contribution in [-0.4, -0.2) is 96.7 Å². The molecule has 19 heteroatoms.